The largest absolute Gasteiger partial charge is 0.303 e. The van der Waals surface area contributed by atoms with Crippen LogP contribution in [-0.2, 0) is 0 Å². The third kappa shape index (κ3) is 1.59. The van der Waals surface area contributed by atoms with Crippen molar-refractivity contribution in [2.24, 2.45) is 11.8 Å². The van der Waals surface area contributed by atoms with Gasteiger partial charge < -0.3 is 5.01 Å². The van der Waals surface area contributed by atoms with Crippen LogP contribution in [0.2, 0.25) is 0 Å². The van der Waals surface area contributed by atoms with Crippen LogP contribution in [-0.4, -0.2) is 6.04 Å². The minimum absolute atomic E-state index is 0.357. The lowest BCUT2D eigenvalue weighted by atomic mass is 9.79. The van der Waals surface area contributed by atoms with Crippen LogP contribution in [0.1, 0.15) is 50.2 Å². The van der Waals surface area contributed by atoms with Crippen LogP contribution >= 0.6 is 0 Å². The first-order valence-electron chi connectivity index (χ1n) is 6.94. The van der Waals surface area contributed by atoms with E-state index in [2.05, 4.69) is 51.1 Å². The monoisotopic (exact) mass is 242 g/mol. The molecular weight excluding hydrogens is 220 g/mol. The average Bonchev–Trinajstić information content (AvgIpc) is 2.63. The quantitative estimate of drug-likeness (QED) is 0.603. The Morgan fingerprint density at radius 2 is 2.06 bits per heavy atom. The Morgan fingerprint density at radius 1 is 1.28 bits per heavy atom. The molecule has 2 heteroatoms. The molecular formula is C16H22N2. The number of hydrogen-bond donors (Lipinski definition) is 1. The molecule has 2 aliphatic rings. The number of benzene rings is 1. The lowest BCUT2D eigenvalue weighted by Crippen LogP contribution is -2.40. The summed E-state index contributed by atoms with van der Waals surface area (Å²) < 4.78 is 0. The van der Waals surface area contributed by atoms with E-state index in [1.807, 2.05) is 5.01 Å². The fourth-order valence-corrected chi connectivity index (χ4v) is 3.49. The summed E-state index contributed by atoms with van der Waals surface area (Å²) in [6.45, 7) is 6.83. The second kappa shape index (κ2) is 4.13. The van der Waals surface area contributed by atoms with Crippen molar-refractivity contribution in [3.05, 3.63) is 41.5 Å². The number of nitrogens with two attached hydrogens (primary N) is 1. The van der Waals surface area contributed by atoms with Gasteiger partial charge in [0.05, 0.1) is 11.7 Å². The lowest BCUT2D eigenvalue weighted by molar-refractivity contribution is 0.475. The minimum Gasteiger partial charge on any atom is -0.303 e. The highest BCUT2D eigenvalue weighted by Crippen LogP contribution is 2.48. The first-order chi connectivity index (χ1) is 8.59. The van der Waals surface area contributed by atoms with Gasteiger partial charge in [0.25, 0.3) is 0 Å². The molecule has 0 bridgehead atoms. The van der Waals surface area contributed by atoms with Gasteiger partial charge in [0.2, 0.25) is 0 Å². The molecule has 3 atom stereocenters. The summed E-state index contributed by atoms with van der Waals surface area (Å²) >= 11 is 0. The molecule has 3 unspecified atom stereocenters. The van der Waals surface area contributed by atoms with Gasteiger partial charge in [0.1, 0.15) is 0 Å². The van der Waals surface area contributed by atoms with E-state index in [9.17, 15) is 0 Å². The number of rotatable bonds is 1. The summed E-state index contributed by atoms with van der Waals surface area (Å²) in [6.07, 6.45) is 5.82. The predicted molar refractivity (Wildman–Crippen MR) is 76.6 cm³/mol. The van der Waals surface area contributed by atoms with Crippen LogP contribution in [0.15, 0.2) is 30.4 Å². The van der Waals surface area contributed by atoms with Gasteiger partial charge in [-0.25, -0.2) is 5.84 Å². The smallest absolute Gasteiger partial charge is 0.0702 e. The van der Waals surface area contributed by atoms with Gasteiger partial charge in [0, 0.05) is 5.92 Å². The van der Waals surface area contributed by atoms with E-state index in [1.54, 1.807) is 0 Å². The maximum Gasteiger partial charge on any atom is 0.0702 e. The summed E-state index contributed by atoms with van der Waals surface area (Å²) in [5, 5.41) is 1.97. The third-order valence-electron chi connectivity index (χ3n) is 4.38. The topological polar surface area (TPSA) is 29.3 Å². The second-order valence-corrected chi connectivity index (χ2v) is 6.04. The van der Waals surface area contributed by atoms with Gasteiger partial charge in [-0.3, -0.25) is 0 Å². The van der Waals surface area contributed by atoms with Crippen molar-refractivity contribution in [3.8, 4) is 0 Å². The Balaban J connectivity index is 2.14. The van der Waals surface area contributed by atoms with E-state index in [1.165, 1.54) is 23.2 Å². The molecule has 0 fully saturated rings. The molecule has 0 radical (unpaired) electrons. The minimum atomic E-state index is 0.357. The van der Waals surface area contributed by atoms with Crippen LogP contribution in [0.25, 0.3) is 0 Å². The molecule has 0 amide bonds. The summed E-state index contributed by atoms with van der Waals surface area (Å²) in [4.78, 5) is 0. The standard InChI is InChI=1S/C16H22N2/c1-10(2)12-5-4-6-15-16(12)13-9-11(3)7-8-14(13)18(15)17/h4-8,10-11,13-14H,9,17H2,1-3H3. The number of anilines is 1. The first-order valence-corrected chi connectivity index (χ1v) is 6.94. The predicted octanol–water partition coefficient (Wildman–Crippen LogP) is 3.55. The Kier molecular flexibility index (Phi) is 2.70. The molecule has 1 aliphatic heterocycles. The molecule has 1 aliphatic carbocycles. The maximum absolute atomic E-state index is 6.30. The van der Waals surface area contributed by atoms with Crippen molar-refractivity contribution in [2.45, 2.75) is 45.1 Å². The average molecular weight is 242 g/mol. The fraction of sp³-hybridized carbons (Fsp3) is 0.500. The van der Waals surface area contributed by atoms with Crippen LogP contribution in [0.4, 0.5) is 5.69 Å². The summed E-state index contributed by atoms with van der Waals surface area (Å²) in [6, 6.07) is 6.93. The molecule has 1 aromatic rings. The van der Waals surface area contributed by atoms with Gasteiger partial charge in [-0.15, -0.1) is 0 Å². The Bertz CT molecular complexity index is 490. The van der Waals surface area contributed by atoms with Gasteiger partial charge in [-0.05, 0) is 35.4 Å². The maximum atomic E-state index is 6.30. The van der Waals surface area contributed by atoms with Crippen LogP contribution in [0.5, 0.6) is 0 Å². The Hall–Kier alpha value is -1.28. The Morgan fingerprint density at radius 3 is 2.78 bits per heavy atom. The molecule has 0 saturated heterocycles. The molecule has 2 N–H and O–H groups in total. The third-order valence-corrected chi connectivity index (χ3v) is 4.38. The summed E-state index contributed by atoms with van der Waals surface area (Å²) in [5.74, 6) is 8.09. The molecule has 0 aromatic heterocycles. The van der Waals surface area contributed by atoms with Gasteiger partial charge in [-0.1, -0.05) is 45.1 Å². The van der Waals surface area contributed by atoms with Crippen LogP contribution in [0, 0.1) is 5.92 Å². The zero-order valence-corrected chi connectivity index (χ0v) is 11.4. The normalized spacial score (nSPS) is 29.6. The van der Waals surface area contributed by atoms with Gasteiger partial charge >= 0.3 is 0 Å². The fourth-order valence-electron chi connectivity index (χ4n) is 3.49. The second-order valence-electron chi connectivity index (χ2n) is 6.04. The van der Waals surface area contributed by atoms with E-state index in [0.717, 1.165) is 0 Å². The molecule has 1 aromatic carbocycles. The zero-order valence-electron chi connectivity index (χ0n) is 11.4. The lowest BCUT2D eigenvalue weighted by Gasteiger charge is -2.29. The molecule has 0 spiro atoms. The van der Waals surface area contributed by atoms with Crippen molar-refractivity contribution in [1.82, 2.24) is 0 Å². The van der Waals surface area contributed by atoms with E-state index >= 15 is 0 Å². The number of hydrazine groups is 1. The van der Waals surface area contributed by atoms with Crippen molar-refractivity contribution >= 4 is 5.69 Å². The number of hydrogen-bond acceptors (Lipinski definition) is 2. The van der Waals surface area contributed by atoms with E-state index < -0.39 is 0 Å². The SMILES string of the molecule is CC1C=CC2C(C1)c1c(C(C)C)cccc1N2N. The van der Waals surface area contributed by atoms with Crippen molar-refractivity contribution in [2.75, 3.05) is 5.01 Å². The van der Waals surface area contributed by atoms with E-state index in [4.69, 9.17) is 5.84 Å². The zero-order chi connectivity index (χ0) is 12.9. The molecule has 18 heavy (non-hydrogen) atoms. The highest BCUT2D eigenvalue weighted by Gasteiger charge is 2.39. The van der Waals surface area contributed by atoms with Gasteiger partial charge in [0.15, 0.2) is 0 Å². The highest BCUT2D eigenvalue weighted by molar-refractivity contribution is 5.65. The number of allylic oxidation sites excluding steroid dienone is 1. The Labute approximate surface area is 109 Å². The molecule has 1 heterocycles. The summed E-state index contributed by atoms with van der Waals surface area (Å²) in [7, 11) is 0. The first kappa shape index (κ1) is 11.8. The van der Waals surface area contributed by atoms with Crippen LogP contribution in [0.3, 0.4) is 0 Å². The van der Waals surface area contributed by atoms with Crippen LogP contribution < -0.4 is 10.9 Å². The molecule has 3 rings (SSSR count). The van der Waals surface area contributed by atoms with E-state index in [-0.39, 0.29) is 0 Å². The molecule has 0 saturated carbocycles. The van der Waals surface area contributed by atoms with Gasteiger partial charge in [-0.2, -0.15) is 0 Å². The van der Waals surface area contributed by atoms with Crippen molar-refractivity contribution in [3.63, 3.8) is 0 Å². The molecule has 96 valence electrons. The number of nitrogens with zero attached hydrogens (tertiary/aromatic N) is 1. The van der Waals surface area contributed by atoms with Crippen molar-refractivity contribution < 1.29 is 0 Å². The summed E-state index contributed by atoms with van der Waals surface area (Å²) in [5.41, 5.74) is 4.20. The number of fused-ring (bicyclic) bond motifs is 3. The highest BCUT2D eigenvalue weighted by atomic mass is 15.4. The molecule has 2 nitrogen and oxygen atoms in total. The van der Waals surface area contributed by atoms with Crippen molar-refractivity contribution in [1.29, 1.82) is 0 Å². The van der Waals surface area contributed by atoms with E-state index in [0.29, 0.717) is 23.8 Å².